The highest BCUT2D eigenvalue weighted by molar-refractivity contribution is 7.60. The van der Waals surface area contributed by atoms with Gasteiger partial charge in [-0.15, -0.1) is 6.58 Å². The summed E-state index contributed by atoms with van der Waals surface area (Å²) in [5.41, 5.74) is 5.54. The van der Waals surface area contributed by atoms with Crippen molar-refractivity contribution >= 4 is 7.37 Å². The molecule has 0 spiro atoms. The third-order valence-corrected chi connectivity index (χ3v) is 5.72. The maximum Gasteiger partial charge on any atom is 0.222 e. The molecule has 3 nitrogen and oxygen atoms in total. The molecule has 0 saturated heterocycles. The average Bonchev–Trinajstić information content (AvgIpc) is 2.63. The van der Waals surface area contributed by atoms with Gasteiger partial charge in [-0.1, -0.05) is 19.9 Å². The highest BCUT2D eigenvalue weighted by atomic mass is 31.2. The molecule has 0 amide bonds. The van der Waals surface area contributed by atoms with Crippen LogP contribution >= 0.6 is 7.37 Å². The molecular weight excluding hydrogens is 173 g/mol. The molecule has 12 heavy (non-hydrogen) atoms. The molecular formula is C8H16NO2P. The molecule has 0 aliphatic heterocycles. The summed E-state index contributed by atoms with van der Waals surface area (Å²) in [5, 5.41) is -0.872. The van der Waals surface area contributed by atoms with E-state index in [2.05, 4.69) is 6.58 Å². The summed E-state index contributed by atoms with van der Waals surface area (Å²) >= 11 is 0. The smallest absolute Gasteiger partial charge is 0.222 e. The van der Waals surface area contributed by atoms with Gasteiger partial charge in [0.2, 0.25) is 7.37 Å². The maximum absolute atomic E-state index is 11.7. The second-order valence-corrected chi connectivity index (χ2v) is 6.87. The first kappa shape index (κ1) is 9.97. The zero-order chi connectivity index (χ0) is 9.57. The van der Waals surface area contributed by atoms with Crippen molar-refractivity contribution in [1.29, 1.82) is 0 Å². The van der Waals surface area contributed by atoms with E-state index in [-0.39, 0.29) is 11.6 Å². The summed E-state index contributed by atoms with van der Waals surface area (Å²) in [6.45, 7) is 7.04. The van der Waals surface area contributed by atoms with Gasteiger partial charge in [0.05, 0.1) is 0 Å². The van der Waals surface area contributed by atoms with Crippen molar-refractivity contribution < 1.29 is 9.46 Å². The standard InChI is InChI=1S/C8H16NO2P/c1-4-7-5-8(7,9)12(10,11)6(2)3/h4,6-7H,1,5,9H2,2-3H3,(H,10,11)/t7-,8-/m0/s1. The fourth-order valence-electron chi connectivity index (χ4n) is 1.43. The molecule has 4 heteroatoms. The van der Waals surface area contributed by atoms with Gasteiger partial charge < -0.3 is 10.6 Å². The Morgan fingerprint density at radius 3 is 2.58 bits per heavy atom. The van der Waals surface area contributed by atoms with E-state index in [1.807, 2.05) is 0 Å². The largest absolute Gasteiger partial charge is 0.343 e. The van der Waals surface area contributed by atoms with Crippen molar-refractivity contribution in [3.8, 4) is 0 Å². The first-order valence-corrected chi connectivity index (χ1v) is 5.83. The SMILES string of the molecule is C=C[C@H]1C[C@]1(N)P(=O)(O)C(C)C. The van der Waals surface area contributed by atoms with E-state index < -0.39 is 12.6 Å². The van der Waals surface area contributed by atoms with E-state index in [0.717, 1.165) is 0 Å². The van der Waals surface area contributed by atoms with Crippen LogP contribution in [0.3, 0.4) is 0 Å². The predicted octanol–water partition coefficient (Wildman–Crippen LogP) is 1.53. The summed E-state index contributed by atoms with van der Waals surface area (Å²) < 4.78 is 11.7. The van der Waals surface area contributed by atoms with Crippen molar-refractivity contribution in [2.75, 3.05) is 0 Å². The Labute approximate surface area is 73.1 Å². The predicted molar refractivity (Wildman–Crippen MR) is 50.2 cm³/mol. The summed E-state index contributed by atoms with van der Waals surface area (Å²) in [6, 6.07) is 0. The molecule has 1 aliphatic rings. The highest BCUT2D eigenvalue weighted by Crippen LogP contribution is 2.69. The van der Waals surface area contributed by atoms with Gasteiger partial charge in [-0.05, 0) is 6.42 Å². The monoisotopic (exact) mass is 189 g/mol. The first-order chi connectivity index (χ1) is 5.36. The van der Waals surface area contributed by atoms with Crippen LogP contribution < -0.4 is 5.73 Å². The zero-order valence-corrected chi connectivity index (χ0v) is 8.42. The molecule has 1 fully saturated rings. The van der Waals surface area contributed by atoms with Crippen molar-refractivity contribution in [2.24, 2.45) is 11.7 Å². The minimum absolute atomic E-state index is 0.0238. The van der Waals surface area contributed by atoms with E-state index >= 15 is 0 Å². The van der Waals surface area contributed by atoms with Crippen LogP contribution in [0.5, 0.6) is 0 Å². The lowest BCUT2D eigenvalue weighted by atomic mass is 10.4. The minimum Gasteiger partial charge on any atom is -0.343 e. The van der Waals surface area contributed by atoms with Crippen LogP contribution in [0.1, 0.15) is 20.3 Å². The molecule has 70 valence electrons. The van der Waals surface area contributed by atoms with Crippen LogP contribution in [0.4, 0.5) is 0 Å². The molecule has 0 aromatic rings. The molecule has 0 aromatic heterocycles. The molecule has 1 saturated carbocycles. The highest BCUT2D eigenvalue weighted by Gasteiger charge is 2.62. The lowest BCUT2D eigenvalue weighted by Gasteiger charge is -2.22. The number of nitrogens with two attached hydrogens (primary N) is 1. The zero-order valence-electron chi connectivity index (χ0n) is 7.53. The van der Waals surface area contributed by atoms with E-state index in [4.69, 9.17) is 5.73 Å². The van der Waals surface area contributed by atoms with E-state index in [1.165, 1.54) is 0 Å². The Kier molecular flexibility index (Phi) is 2.24. The van der Waals surface area contributed by atoms with Crippen LogP contribution in [0.2, 0.25) is 0 Å². The van der Waals surface area contributed by atoms with E-state index in [0.29, 0.717) is 6.42 Å². The Bertz CT molecular complexity index is 251. The topological polar surface area (TPSA) is 63.3 Å². The first-order valence-electron chi connectivity index (χ1n) is 4.10. The third-order valence-electron chi connectivity index (χ3n) is 2.61. The fraction of sp³-hybridized carbons (Fsp3) is 0.750. The summed E-state index contributed by atoms with van der Waals surface area (Å²) in [5.74, 6) is 0.0238. The minimum atomic E-state index is -3.20. The molecule has 1 unspecified atom stereocenters. The molecule has 0 bridgehead atoms. The molecule has 3 atom stereocenters. The van der Waals surface area contributed by atoms with Crippen molar-refractivity contribution in [3.63, 3.8) is 0 Å². The van der Waals surface area contributed by atoms with Crippen LogP contribution in [0.15, 0.2) is 12.7 Å². The molecule has 0 aromatic carbocycles. The van der Waals surface area contributed by atoms with E-state index in [1.54, 1.807) is 19.9 Å². The third kappa shape index (κ3) is 1.17. The lowest BCUT2D eigenvalue weighted by Crippen LogP contribution is -2.28. The number of rotatable bonds is 3. The quantitative estimate of drug-likeness (QED) is 0.522. The van der Waals surface area contributed by atoms with Gasteiger partial charge in [-0.25, -0.2) is 0 Å². The van der Waals surface area contributed by atoms with Gasteiger partial charge in [-0.3, -0.25) is 4.57 Å². The second kappa shape index (κ2) is 2.69. The molecule has 0 radical (unpaired) electrons. The van der Waals surface area contributed by atoms with Gasteiger partial charge in [0, 0.05) is 11.6 Å². The van der Waals surface area contributed by atoms with Gasteiger partial charge in [0.1, 0.15) is 5.28 Å². The van der Waals surface area contributed by atoms with Crippen molar-refractivity contribution in [1.82, 2.24) is 0 Å². The fourth-order valence-corrected chi connectivity index (χ4v) is 3.43. The molecule has 1 aliphatic carbocycles. The summed E-state index contributed by atoms with van der Waals surface area (Å²) in [4.78, 5) is 9.68. The summed E-state index contributed by atoms with van der Waals surface area (Å²) in [6.07, 6.45) is 2.27. The molecule has 1 rings (SSSR count). The van der Waals surface area contributed by atoms with Crippen LogP contribution in [0, 0.1) is 5.92 Å². The molecule has 3 N–H and O–H groups in total. The van der Waals surface area contributed by atoms with Crippen molar-refractivity contribution in [3.05, 3.63) is 12.7 Å². The van der Waals surface area contributed by atoms with Gasteiger partial charge in [0.25, 0.3) is 0 Å². The Balaban J connectivity index is 2.85. The maximum atomic E-state index is 11.7. The van der Waals surface area contributed by atoms with Gasteiger partial charge >= 0.3 is 0 Å². The van der Waals surface area contributed by atoms with E-state index in [9.17, 15) is 9.46 Å². The average molecular weight is 189 g/mol. The molecule has 0 heterocycles. The Hall–Kier alpha value is -0.110. The normalized spacial score (nSPS) is 39.2. The van der Waals surface area contributed by atoms with Crippen molar-refractivity contribution in [2.45, 2.75) is 31.2 Å². The van der Waals surface area contributed by atoms with Crippen LogP contribution in [-0.4, -0.2) is 15.8 Å². The number of hydrogen-bond donors (Lipinski definition) is 2. The van der Waals surface area contributed by atoms with Gasteiger partial charge in [-0.2, -0.15) is 0 Å². The lowest BCUT2D eigenvalue weighted by molar-refractivity contribution is 0.447. The summed E-state index contributed by atoms with van der Waals surface area (Å²) in [7, 11) is -3.20. The Morgan fingerprint density at radius 2 is 2.33 bits per heavy atom. The number of hydrogen-bond acceptors (Lipinski definition) is 2. The van der Waals surface area contributed by atoms with Gasteiger partial charge in [0.15, 0.2) is 0 Å². The van der Waals surface area contributed by atoms with Crippen LogP contribution in [-0.2, 0) is 4.57 Å². The Morgan fingerprint density at radius 1 is 1.83 bits per heavy atom. The second-order valence-electron chi connectivity index (χ2n) is 3.75. The van der Waals surface area contributed by atoms with Crippen LogP contribution in [0.25, 0.3) is 0 Å².